The summed E-state index contributed by atoms with van der Waals surface area (Å²) in [5, 5.41) is 5.25. The third kappa shape index (κ3) is 5.39. The first-order valence-corrected chi connectivity index (χ1v) is 27.1. The summed E-state index contributed by atoms with van der Waals surface area (Å²) in [6.07, 6.45) is 10.8. The van der Waals surface area contributed by atoms with Crippen molar-refractivity contribution in [2.24, 2.45) is 29.1 Å². The maximum Gasteiger partial charge on any atom is 0.0540 e. The van der Waals surface area contributed by atoms with Crippen LogP contribution in [0.3, 0.4) is 0 Å². The fourth-order valence-corrected chi connectivity index (χ4v) is 17.0. The molecule has 72 heavy (non-hydrogen) atoms. The molecule has 10 aromatic rings. The van der Waals surface area contributed by atoms with Gasteiger partial charge >= 0.3 is 0 Å². The lowest BCUT2D eigenvalue weighted by molar-refractivity contribution is -0.412. The molecule has 0 heterocycles. The van der Waals surface area contributed by atoms with E-state index in [1.54, 1.807) is 11.1 Å². The fourth-order valence-electron chi connectivity index (χ4n) is 17.0. The molecule has 16 rings (SSSR count). The minimum atomic E-state index is 0.137. The normalized spacial score (nSPS) is 24.0. The molecule has 1 nitrogen and oxygen atoms in total. The first-order chi connectivity index (χ1) is 35.7. The molecule has 0 amide bonds. The van der Waals surface area contributed by atoms with Crippen molar-refractivity contribution >= 4 is 38.6 Å². The van der Waals surface area contributed by atoms with E-state index in [9.17, 15) is 0 Å². The Morgan fingerprint density at radius 1 is 0.347 bits per heavy atom. The van der Waals surface area contributed by atoms with Gasteiger partial charge in [0.05, 0.1) is 17.1 Å². The van der Waals surface area contributed by atoms with Crippen LogP contribution in [0.15, 0.2) is 218 Å². The summed E-state index contributed by atoms with van der Waals surface area (Å²) < 4.78 is 0. The molecular formula is C71H57N. The Morgan fingerprint density at radius 3 is 1.53 bits per heavy atom. The van der Waals surface area contributed by atoms with Gasteiger partial charge in [-0.15, -0.1) is 0 Å². The summed E-state index contributed by atoms with van der Waals surface area (Å²) in [5.41, 5.74) is 22.0. The van der Waals surface area contributed by atoms with Crippen LogP contribution in [0, 0.1) is 29.1 Å². The standard InChI is InChI=1S/C71H57N/c1-3-19-45(20-4-1)53-31-15-23-47-25-17-33-59(68(47)53)57-29-9-13-37-64(57)72(65-38-14-10-30-58(65)60-34-18-26-48-24-16-32-54(69(48)60)46-21-5-2-6-22-46)63-36-12-8-27-52(63)49-39-40-56-55-28-7-11-35-61(55)71(62(56)41-49)66-43-50-42-51-44-67(71)70(50,51)66/h1,3-4,7-20,23-41,46,50-51,66-67H,2,5-6,21-22,42-44H2. The summed E-state index contributed by atoms with van der Waals surface area (Å²) in [5.74, 6) is 4.06. The number of fused-ring (bicyclic) bond motifs is 9. The molecule has 5 fully saturated rings. The number of benzene rings is 10. The summed E-state index contributed by atoms with van der Waals surface area (Å²) >= 11 is 0. The van der Waals surface area contributed by atoms with E-state index in [0.717, 1.165) is 29.4 Å². The third-order valence-electron chi connectivity index (χ3n) is 19.8. The van der Waals surface area contributed by atoms with Gasteiger partial charge in [-0.2, -0.15) is 0 Å². The van der Waals surface area contributed by atoms with Gasteiger partial charge in [0.25, 0.3) is 0 Å². The van der Waals surface area contributed by atoms with Crippen molar-refractivity contribution in [3.05, 3.63) is 235 Å². The Labute approximate surface area is 423 Å². The average molecular weight is 924 g/mol. The van der Waals surface area contributed by atoms with Crippen LogP contribution in [-0.4, -0.2) is 0 Å². The first kappa shape index (κ1) is 41.2. The van der Waals surface area contributed by atoms with Crippen molar-refractivity contribution in [3.63, 3.8) is 0 Å². The zero-order chi connectivity index (χ0) is 47.1. The van der Waals surface area contributed by atoms with Gasteiger partial charge in [-0.25, -0.2) is 0 Å². The molecule has 10 aromatic carbocycles. The highest BCUT2D eigenvalue weighted by Gasteiger charge is 2.90. The van der Waals surface area contributed by atoms with Crippen LogP contribution in [0.4, 0.5) is 17.1 Å². The Balaban J connectivity index is 0.941. The topological polar surface area (TPSA) is 3.24 Å². The molecule has 6 aliphatic rings. The lowest BCUT2D eigenvalue weighted by Gasteiger charge is -2.92. The third-order valence-corrected chi connectivity index (χ3v) is 19.8. The Bertz CT molecular complexity index is 3800. The first-order valence-electron chi connectivity index (χ1n) is 27.1. The number of hydrogen-bond donors (Lipinski definition) is 0. The largest absolute Gasteiger partial charge is 0.309 e. The van der Waals surface area contributed by atoms with E-state index in [2.05, 4.69) is 223 Å². The van der Waals surface area contributed by atoms with Gasteiger partial charge in [0.2, 0.25) is 0 Å². The van der Waals surface area contributed by atoms with Gasteiger partial charge < -0.3 is 4.90 Å². The van der Waals surface area contributed by atoms with Crippen molar-refractivity contribution in [1.29, 1.82) is 0 Å². The number of hydrogen-bond acceptors (Lipinski definition) is 1. The molecule has 6 aliphatic carbocycles. The summed E-state index contributed by atoms with van der Waals surface area (Å²) in [4.78, 5) is 2.64. The minimum absolute atomic E-state index is 0.137. The number of anilines is 3. The van der Waals surface area contributed by atoms with E-state index in [1.165, 1.54) is 145 Å². The fraction of sp³-hybridized carbons (Fsp3) is 0.211. The second-order valence-corrected chi connectivity index (χ2v) is 22.4. The summed E-state index contributed by atoms with van der Waals surface area (Å²) in [7, 11) is 0. The second-order valence-electron chi connectivity index (χ2n) is 22.4. The number of para-hydroxylation sites is 3. The molecule has 0 aliphatic heterocycles. The zero-order valence-corrected chi connectivity index (χ0v) is 40.8. The molecule has 0 aromatic heterocycles. The second kappa shape index (κ2) is 15.5. The molecule has 5 saturated carbocycles. The minimum Gasteiger partial charge on any atom is -0.309 e. The number of nitrogens with zero attached hydrogens (tertiary/aromatic N) is 1. The van der Waals surface area contributed by atoms with Crippen LogP contribution in [0.25, 0.3) is 77.2 Å². The van der Waals surface area contributed by atoms with Gasteiger partial charge in [-0.3, -0.25) is 0 Å². The van der Waals surface area contributed by atoms with Gasteiger partial charge in [0, 0.05) is 22.1 Å². The smallest absolute Gasteiger partial charge is 0.0540 e. The highest BCUT2D eigenvalue weighted by molar-refractivity contribution is 6.10. The average Bonchev–Trinajstić information content (AvgIpc) is 3.73. The highest BCUT2D eigenvalue weighted by atomic mass is 15.2. The molecular weight excluding hydrogens is 867 g/mol. The van der Waals surface area contributed by atoms with Crippen molar-refractivity contribution < 1.29 is 0 Å². The van der Waals surface area contributed by atoms with E-state index < -0.39 is 0 Å². The molecule has 346 valence electrons. The predicted octanol–water partition coefficient (Wildman–Crippen LogP) is 19.1. The van der Waals surface area contributed by atoms with E-state index >= 15 is 0 Å². The summed E-state index contributed by atoms with van der Waals surface area (Å²) in [6, 6.07) is 83.8. The van der Waals surface area contributed by atoms with Gasteiger partial charge in [-0.05, 0) is 169 Å². The monoisotopic (exact) mass is 923 g/mol. The molecule has 4 unspecified atom stereocenters. The van der Waals surface area contributed by atoms with Crippen molar-refractivity contribution in [2.75, 3.05) is 4.90 Å². The Hall–Kier alpha value is -7.48. The maximum absolute atomic E-state index is 2.67. The molecule has 4 atom stereocenters. The van der Waals surface area contributed by atoms with E-state index in [4.69, 9.17) is 0 Å². The van der Waals surface area contributed by atoms with Crippen LogP contribution in [0.1, 0.15) is 74.0 Å². The zero-order valence-electron chi connectivity index (χ0n) is 40.8. The molecule has 1 heteroatoms. The lowest BCUT2D eigenvalue weighted by Crippen LogP contribution is -2.88. The van der Waals surface area contributed by atoms with Crippen LogP contribution in [0.2, 0.25) is 0 Å². The van der Waals surface area contributed by atoms with Gasteiger partial charge in [0.15, 0.2) is 0 Å². The van der Waals surface area contributed by atoms with Crippen LogP contribution >= 0.6 is 0 Å². The van der Waals surface area contributed by atoms with Crippen LogP contribution < -0.4 is 4.90 Å². The predicted molar refractivity (Wildman–Crippen MR) is 300 cm³/mol. The van der Waals surface area contributed by atoms with Gasteiger partial charge in [-0.1, -0.05) is 213 Å². The molecule has 0 saturated heterocycles. The summed E-state index contributed by atoms with van der Waals surface area (Å²) in [6.45, 7) is 0. The molecule has 2 spiro atoms. The maximum atomic E-state index is 2.67. The SMILES string of the molecule is c1ccc(-c2cccc3cccc(-c4ccccc4N(c4ccccc4-c4ccc5c(c4)C4(c6ccccc6-5)C5CC6CC7CC4C675)c4ccccc4-c4cccc5cccc(C6CCCCC6)c45)c23)cc1. The molecule has 0 N–H and O–H groups in total. The molecule has 0 radical (unpaired) electrons. The van der Waals surface area contributed by atoms with Crippen molar-refractivity contribution in [2.45, 2.75) is 62.7 Å². The molecule has 0 bridgehead atoms. The Morgan fingerprint density at radius 2 is 0.861 bits per heavy atom. The Kier molecular flexibility index (Phi) is 8.87. The van der Waals surface area contributed by atoms with E-state index in [1.807, 2.05) is 0 Å². The quantitative estimate of drug-likeness (QED) is 0.147. The van der Waals surface area contributed by atoms with Crippen molar-refractivity contribution in [3.8, 4) is 55.6 Å². The van der Waals surface area contributed by atoms with Gasteiger partial charge in [0.1, 0.15) is 0 Å². The van der Waals surface area contributed by atoms with E-state index in [-0.39, 0.29) is 5.41 Å². The lowest BCUT2D eigenvalue weighted by atomic mass is 9.11. The van der Waals surface area contributed by atoms with Crippen LogP contribution in [-0.2, 0) is 5.41 Å². The van der Waals surface area contributed by atoms with Crippen LogP contribution in [0.5, 0.6) is 0 Å². The van der Waals surface area contributed by atoms with E-state index in [0.29, 0.717) is 11.3 Å². The highest BCUT2D eigenvalue weighted by Crippen LogP contribution is 2.94. The van der Waals surface area contributed by atoms with Crippen molar-refractivity contribution in [1.82, 2.24) is 0 Å². The number of rotatable bonds is 8.